The van der Waals surface area contributed by atoms with Crippen molar-refractivity contribution in [2.45, 2.75) is 39.5 Å². The van der Waals surface area contributed by atoms with Gasteiger partial charge in [-0.3, -0.25) is 4.79 Å². The third kappa shape index (κ3) is 5.58. The lowest BCUT2D eigenvalue weighted by Crippen LogP contribution is -2.12. The highest BCUT2D eigenvalue weighted by Gasteiger charge is 2.05. The van der Waals surface area contributed by atoms with Gasteiger partial charge in [-0.2, -0.15) is 0 Å². The Morgan fingerprint density at radius 2 is 2.21 bits per heavy atom. The zero-order valence-corrected chi connectivity index (χ0v) is 11.6. The van der Waals surface area contributed by atoms with Crippen LogP contribution in [0, 0.1) is 18.8 Å². The van der Waals surface area contributed by atoms with Gasteiger partial charge in [0.2, 0.25) is 5.91 Å². The van der Waals surface area contributed by atoms with Gasteiger partial charge >= 0.3 is 0 Å². The predicted molar refractivity (Wildman–Crippen MR) is 77.9 cm³/mol. The van der Waals surface area contributed by atoms with Crippen LogP contribution in [0.2, 0.25) is 0 Å². The number of rotatable bonds is 5. The lowest BCUT2D eigenvalue weighted by molar-refractivity contribution is -0.116. The van der Waals surface area contributed by atoms with Crippen molar-refractivity contribution in [3.8, 4) is 11.8 Å². The molecule has 3 heteroatoms. The standard InChI is InChI=1S/C16H21NO2/c1-3-4-8-16(19)17-15-10-9-13(2)12-14(15)7-5-6-11-18/h9-10,12,18H,3-4,6,8,11H2,1-2H3,(H,17,19). The fourth-order valence-corrected chi connectivity index (χ4v) is 1.63. The van der Waals surface area contributed by atoms with Crippen LogP contribution in [0.15, 0.2) is 18.2 Å². The van der Waals surface area contributed by atoms with Crippen molar-refractivity contribution in [2.24, 2.45) is 0 Å². The van der Waals surface area contributed by atoms with Crippen molar-refractivity contribution < 1.29 is 9.90 Å². The molecule has 0 bridgehead atoms. The minimum absolute atomic E-state index is 0.0240. The molecule has 3 nitrogen and oxygen atoms in total. The predicted octanol–water partition coefficient (Wildman–Crippen LogP) is 2.86. The largest absolute Gasteiger partial charge is 0.395 e. The summed E-state index contributed by atoms with van der Waals surface area (Å²) < 4.78 is 0. The van der Waals surface area contributed by atoms with Crippen molar-refractivity contribution in [1.82, 2.24) is 0 Å². The number of aryl methyl sites for hydroxylation is 1. The van der Waals surface area contributed by atoms with Crippen LogP contribution in [0.5, 0.6) is 0 Å². The van der Waals surface area contributed by atoms with Crippen LogP contribution < -0.4 is 5.32 Å². The molecule has 1 amide bonds. The zero-order valence-electron chi connectivity index (χ0n) is 11.6. The first-order valence-electron chi connectivity index (χ1n) is 6.67. The molecule has 0 heterocycles. The monoisotopic (exact) mass is 259 g/mol. The number of carbonyl (C=O) groups excluding carboxylic acids is 1. The number of carbonyl (C=O) groups is 1. The first-order valence-corrected chi connectivity index (χ1v) is 6.67. The molecule has 1 aromatic carbocycles. The van der Waals surface area contributed by atoms with E-state index in [0.29, 0.717) is 12.8 Å². The topological polar surface area (TPSA) is 49.3 Å². The van der Waals surface area contributed by atoms with Crippen LogP contribution in [0.1, 0.15) is 43.7 Å². The molecule has 0 saturated carbocycles. The molecular weight excluding hydrogens is 238 g/mol. The Labute approximate surface area is 115 Å². The SMILES string of the molecule is CCCCC(=O)Nc1ccc(C)cc1C#CCCO. The van der Waals surface area contributed by atoms with E-state index in [9.17, 15) is 4.79 Å². The Hall–Kier alpha value is -1.79. The molecule has 1 rings (SSSR count). The summed E-state index contributed by atoms with van der Waals surface area (Å²) in [7, 11) is 0. The normalized spacial score (nSPS) is 9.63. The summed E-state index contributed by atoms with van der Waals surface area (Å²) in [5.74, 6) is 5.90. The highest BCUT2D eigenvalue weighted by molar-refractivity contribution is 5.92. The summed E-state index contributed by atoms with van der Waals surface area (Å²) in [5, 5.41) is 11.6. The number of unbranched alkanes of at least 4 members (excludes halogenated alkanes) is 1. The number of hydrogen-bond donors (Lipinski definition) is 2. The average molecular weight is 259 g/mol. The molecule has 0 saturated heterocycles. The molecule has 0 aromatic heterocycles. The molecule has 1 aromatic rings. The van der Waals surface area contributed by atoms with Crippen LogP contribution in [-0.4, -0.2) is 17.6 Å². The highest BCUT2D eigenvalue weighted by Crippen LogP contribution is 2.17. The molecule has 0 radical (unpaired) electrons. The number of benzene rings is 1. The van der Waals surface area contributed by atoms with Gasteiger partial charge in [-0.15, -0.1) is 0 Å². The molecule has 0 aliphatic heterocycles. The van der Waals surface area contributed by atoms with Crippen LogP contribution in [0.25, 0.3) is 0 Å². The molecule has 0 aliphatic rings. The maximum absolute atomic E-state index is 11.7. The number of nitrogens with one attached hydrogen (secondary N) is 1. The van der Waals surface area contributed by atoms with E-state index in [0.717, 1.165) is 29.7 Å². The van der Waals surface area contributed by atoms with E-state index in [-0.39, 0.29) is 12.5 Å². The third-order valence-corrected chi connectivity index (χ3v) is 2.67. The molecule has 19 heavy (non-hydrogen) atoms. The van der Waals surface area contributed by atoms with Crippen LogP contribution in [0.4, 0.5) is 5.69 Å². The number of aliphatic hydroxyl groups excluding tert-OH is 1. The highest BCUT2D eigenvalue weighted by atomic mass is 16.2. The summed E-state index contributed by atoms with van der Waals surface area (Å²) in [5.41, 5.74) is 2.65. The molecule has 0 fully saturated rings. The number of aliphatic hydroxyl groups is 1. The lowest BCUT2D eigenvalue weighted by Gasteiger charge is -2.08. The van der Waals surface area contributed by atoms with Crippen molar-refractivity contribution in [2.75, 3.05) is 11.9 Å². The lowest BCUT2D eigenvalue weighted by atomic mass is 10.1. The van der Waals surface area contributed by atoms with E-state index in [4.69, 9.17) is 5.11 Å². The van der Waals surface area contributed by atoms with E-state index in [1.54, 1.807) is 0 Å². The second-order valence-electron chi connectivity index (χ2n) is 4.48. The Morgan fingerprint density at radius 1 is 1.42 bits per heavy atom. The van der Waals surface area contributed by atoms with E-state index < -0.39 is 0 Å². The van der Waals surface area contributed by atoms with Gasteiger partial charge in [0, 0.05) is 18.4 Å². The second kappa shape index (κ2) is 8.34. The van der Waals surface area contributed by atoms with E-state index in [2.05, 4.69) is 24.1 Å². The fraction of sp³-hybridized carbons (Fsp3) is 0.438. The molecule has 0 atom stereocenters. The quantitative estimate of drug-likeness (QED) is 0.799. The molecular formula is C16H21NO2. The van der Waals surface area contributed by atoms with Crippen molar-refractivity contribution in [3.63, 3.8) is 0 Å². The Kier molecular flexibility index (Phi) is 6.70. The van der Waals surface area contributed by atoms with E-state index >= 15 is 0 Å². The van der Waals surface area contributed by atoms with Gasteiger partial charge in [0.15, 0.2) is 0 Å². The Bertz CT molecular complexity index is 483. The maximum Gasteiger partial charge on any atom is 0.224 e. The summed E-state index contributed by atoms with van der Waals surface area (Å²) in [4.78, 5) is 11.7. The van der Waals surface area contributed by atoms with E-state index in [1.165, 1.54) is 0 Å². The first kappa shape index (κ1) is 15.3. The van der Waals surface area contributed by atoms with Gasteiger partial charge in [0.1, 0.15) is 0 Å². The van der Waals surface area contributed by atoms with Crippen LogP contribution >= 0.6 is 0 Å². The number of amides is 1. The van der Waals surface area contributed by atoms with E-state index in [1.807, 2.05) is 25.1 Å². The number of anilines is 1. The summed E-state index contributed by atoms with van der Waals surface area (Å²) >= 11 is 0. The average Bonchev–Trinajstić information content (AvgIpc) is 2.39. The van der Waals surface area contributed by atoms with Crippen molar-refractivity contribution in [3.05, 3.63) is 29.3 Å². The van der Waals surface area contributed by atoms with Gasteiger partial charge in [-0.1, -0.05) is 31.3 Å². The van der Waals surface area contributed by atoms with Gasteiger partial charge in [0.05, 0.1) is 12.3 Å². The van der Waals surface area contributed by atoms with Crippen LogP contribution in [0.3, 0.4) is 0 Å². The molecule has 0 spiro atoms. The Morgan fingerprint density at radius 3 is 2.89 bits per heavy atom. The van der Waals surface area contributed by atoms with Crippen molar-refractivity contribution in [1.29, 1.82) is 0 Å². The van der Waals surface area contributed by atoms with Crippen molar-refractivity contribution >= 4 is 11.6 Å². The smallest absolute Gasteiger partial charge is 0.224 e. The van der Waals surface area contributed by atoms with Gasteiger partial charge in [-0.25, -0.2) is 0 Å². The number of hydrogen-bond acceptors (Lipinski definition) is 2. The summed E-state index contributed by atoms with van der Waals surface area (Å²) in [6, 6.07) is 5.77. The molecule has 0 aliphatic carbocycles. The summed E-state index contributed by atoms with van der Waals surface area (Å²) in [6.45, 7) is 4.10. The Balaban J connectivity index is 2.82. The third-order valence-electron chi connectivity index (χ3n) is 2.67. The maximum atomic E-state index is 11.7. The molecule has 102 valence electrons. The van der Waals surface area contributed by atoms with Gasteiger partial charge in [-0.05, 0) is 31.0 Å². The minimum atomic E-state index is 0.0240. The molecule has 2 N–H and O–H groups in total. The molecule has 0 unspecified atom stereocenters. The van der Waals surface area contributed by atoms with Crippen LogP contribution in [-0.2, 0) is 4.79 Å². The van der Waals surface area contributed by atoms with Gasteiger partial charge < -0.3 is 10.4 Å². The van der Waals surface area contributed by atoms with Gasteiger partial charge in [0.25, 0.3) is 0 Å². The minimum Gasteiger partial charge on any atom is -0.395 e. The summed E-state index contributed by atoms with van der Waals surface area (Å²) in [6.07, 6.45) is 2.87. The fourth-order valence-electron chi connectivity index (χ4n) is 1.63. The second-order valence-corrected chi connectivity index (χ2v) is 4.48. The zero-order chi connectivity index (χ0) is 14.1. The first-order chi connectivity index (χ1) is 9.17.